The fourth-order valence-corrected chi connectivity index (χ4v) is 4.14. The highest BCUT2D eigenvalue weighted by Crippen LogP contribution is 2.40. The Bertz CT molecular complexity index is 718. The zero-order valence-electron chi connectivity index (χ0n) is 16.3. The number of aromatic carboxylic acids is 1. The Morgan fingerprint density at radius 2 is 2.00 bits per heavy atom. The second-order valence-corrected chi connectivity index (χ2v) is 7.85. The van der Waals surface area contributed by atoms with Crippen molar-refractivity contribution in [3.63, 3.8) is 0 Å². The number of nitrogens with zero attached hydrogens (tertiary/aromatic N) is 3. The fraction of sp³-hybridized carbons (Fsp3) is 0.684. The van der Waals surface area contributed by atoms with Crippen LogP contribution in [0.4, 0.5) is 5.82 Å². The van der Waals surface area contributed by atoms with E-state index in [0.717, 1.165) is 6.42 Å². The Labute approximate surface area is 164 Å². The summed E-state index contributed by atoms with van der Waals surface area (Å²) in [6.45, 7) is 5.50. The molecule has 0 unspecified atom stereocenters. The number of rotatable bonds is 5. The van der Waals surface area contributed by atoms with Crippen LogP contribution in [0.15, 0.2) is 12.1 Å². The van der Waals surface area contributed by atoms with Gasteiger partial charge >= 0.3 is 5.97 Å². The van der Waals surface area contributed by atoms with E-state index >= 15 is 0 Å². The van der Waals surface area contributed by atoms with E-state index in [2.05, 4.69) is 15.5 Å². The molecule has 0 aromatic carbocycles. The van der Waals surface area contributed by atoms with Gasteiger partial charge in [-0.3, -0.25) is 4.79 Å². The molecule has 9 nitrogen and oxygen atoms in total. The van der Waals surface area contributed by atoms with E-state index in [4.69, 9.17) is 9.84 Å². The topological polar surface area (TPSA) is 125 Å². The Morgan fingerprint density at radius 1 is 1.29 bits per heavy atom. The highest BCUT2D eigenvalue weighted by atomic mass is 16.5. The first kappa shape index (κ1) is 20.5. The molecule has 3 N–H and O–H groups in total. The van der Waals surface area contributed by atoms with E-state index in [0.29, 0.717) is 51.2 Å². The summed E-state index contributed by atoms with van der Waals surface area (Å²) in [6, 6.07) is 3.07. The van der Waals surface area contributed by atoms with Gasteiger partial charge in [0.05, 0.1) is 11.1 Å². The monoisotopic (exact) mass is 392 g/mol. The molecule has 0 bridgehead atoms. The number of aliphatic hydroxyl groups excluding tert-OH is 1. The van der Waals surface area contributed by atoms with Gasteiger partial charge in [-0.2, -0.15) is 0 Å². The second kappa shape index (κ2) is 8.00. The molecule has 2 aliphatic rings. The first-order valence-electron chi connectivity index (χ1n) is 9.75. The van der Waals surface area contributed by atoms with Gasteiger partial charge in [0.2, 0.25) is 5.91 Å². The van der Waals surface area contributed by atoms with E-state index in [1.54, 1.807) is 6.07 Å². The largest absolute Gasteiger partial charge is 0.476 e. The van der Waals surface area contributed by atoms with Crippen molar-refractivity contribution < 1.29 is 24.5 Å². The van der Waals surface area contributed by atoms with E-state index in [9.17, 15) is 14.7 Å². The van der Waals surface area contributed by atoms with Crippen molar-refractivity contribution >= 4 is 17.7 Å². The number of carboxylic acids is 1. The second-order valence-electron chi connectivity index (χ2n) is 7.85. The maximum Gasteiger partial charge on any atom is 0.356 e. The standard InChI is InChI=1S/C19H28N4O5/c1-3-4-15(24)20-18(2)9-12-28-19(17(18)27)7-10-23(11-8-19)14-6-5-13(16(25)26)21-22-14/h5-6,17,27H,3-4,7-12H2,1-2H3,(H,20,24)(H,25,26)/t17-,18+/m1/s1. The average Bonchev–Trinajstić information content (AvgIpc) is 2.67. The minimum atomic E-state index is -1.11. The molecule has 3 rings (SSSR count). The van der Waals surface area contributed by atoms with Crippen molar-refractivity contribution in [1.82, 2.24) is 15.5 Å². The van der Waals surface area contributed by atoms with Crippen LogP contribution in [0.1, 0.15) is 56.4 Å². The molecule has 1 amide bonds. The molecule has 1 aromatic heterocycles. The normalized spacial score (nSPS) is 26.8. The van der Waals surface area contributed by atoms with Gasteiger partial charge in [0.1, 0.15) is 6.10 Å². The minimum Gasteiger partial charge on any atom is -0.476 e. The highest BCUT2D eigenvalue weighted by molar-refractivity contribution is 5.85. The van der Waals surface area contributed by atoms with Gasteiger partial charge in [-0.1, -0.05) is 6.92 Å². The molecule has 2 saturated heterocycles. The molecular weight excluding hydrogens is 364 g/mol. The Hall–Kier alpha value is -2.26. The Kier molecular flexibility index (Phi) is 5.85. The summed E-state index contributed by atoms with van der Waals surface area (Å²) in [5.74, 6) is -0.559. The van der Waals surface area contributed by atoms with Crippen molar-refractivity contribution in [2.45, 2.75) is 63.2 Å². The number of carbonyl (C=O) groups is 2. The van der Waals surface area contributed by atoms with Crippen LogP contribution >= 0.6 is 0 Å². The van der Waals surface area contributed by atoms with Crippen LogP contribution in [0.2, 0.25) is 0 Å². The summed E-state index contributed by atoms with van der Waals surface area (Å²) in [4.78, 5) is 25.0. The van der Waals surface area contributed by atoms with Crippen molar-refractivity contribution in [1.29, 1.82) is 0 Å². The van der Waals surface area contributed by atoms with Crippen LogP contribution in [-0.2, 0) is 9.53 Å². The third-order valence-electron chi connectivity index (χ3n) is 5.82. The molecule has 2 fully saturated rings. The van der Waals surface area contributed by atoms with Gasteiger partial charge < -0.3 is 25.2 Å². The average molecular weight is 392 g/mol. The number of aliphatic hydroxyl groups is 1. The lowest BCUT2D eigenvalue weighted by molar-refractivity contribution is -0.198. The van der Waals surface area contributed by atoms with Crippen molar-refractivity contribution in [3.8, 4) is 0 Å². The molecule has 1 spiro atoms. The summed E-state index contributed by atoms with van der Waals surface area (Å²) >= 11 is 0. The molecule has 0 saturated carbocycles. The van der Waals surface area contributed by atoms with E-state index < -0.39 is 23.2 Å². The number of amides is 1. The summed E-state index contributed by atoms with van der Waals surface area (Å²) < 4.78 is 6.05. The van der Waals surface area contributed by atoms with Crippen molar-refractivity contribution in [2.75, 3.05) is 24.6 Å². The molecular formula is C19H28N4O5. The molecule has 2 atom stereocenters. The summed E-state index contributed by atoms with van der Waals surface area (Å²) in [7, 11) is 0. The molecule has 0 radical (unpaired) electrons. The molecule has 9 heteroatoms. The van der Waals surface area contributed by atoms with Crippen molar-refractivity contribution in [3.05, 3.63) is 17.8 Å². The lowest BCUT2D eigenvalue weighted by Crippen LogP contribution is -2.69. The maximum atomic E-state index is 12.1. The Morgan fingerprint density at radius 3 is 2.57 bits per heavy atom. The van der Waals surface area contributed by atoms with Crippen LogP contribution in [0.3, 0.4) is 0 Å². The third kappa shape index (κ3) is 3.95. The lowest BCUT2D eigenvalue weighted by Gasteiger charge is -2.53. The fourth-order valence-electron chi connectivity index (χ4n) is 4.14. The van der Waals surface area contributed by atoms with Gasteiger partial charge in [0.15, 0.2) is 11.5 Å². The lowest BCUT2D eigenvalue weighted by atomic mass is 9.73. The smallest absolute Gasteiger partial charge is 0.356 e. The molecule has 1 aromatic rings. The number of piperidine rings is 1. The summed E-state index contributed by atoms with van der Waals surface area (Å²) in [5.41, 5.74) is -1.52. The predicted octanol–water partition coefficient (Wildman–Crippen LogP) is 0.970. The van der Waals surface area contributed by atoms with E-state index in [1.165, 1.54) is 6.07 Å². The number of carbonyl (C=O) groups excluding carboxylic acids is 1. The molecule has 2 aliphatic heterocycles. The van der Waals surface area contributed by atoms with Gasteiger partial charge in [0.25, 0.3) is 0 Å². The van der Waals surface area contributed by atoms with Gasteiger partial charge in [-0.25, -0.2) is 4.79 Å². The van der Waals surface area contributed by atoms with E-state index in [1.807, 2.05) is 18.7 Å². The van der Waals surface area contributed by atoms with E-state index in [-0.39, 0.29) is 11.6 Å². The minimum absolute atomic E-state index is 0.0488. The van der Waals surface area contributed by atoms with Crippen molar-refractivity contribution in [2.24, 2.45) is 0 Å². The molecule has 28 heavy (non-hydrogen) atoms. The maximum absolute atomic E-state index is 12.1. The van der Waals surface area contributed by atoms with Crippen LogP contribution in [0, 0.1) is 0 Å². The van der Waals surface area contributed by atoms with Gasteiger partial charge in [-0.05, 0) is 44.7 Å². The number of hydrogen-bond acceptors (Lipinski definition) is 7. The SMILES string of the molecule is CCCC(=O)N[C@@]1(C)CCOC2(CCN(c3ccc(C(=O)O)nn3)CC2)[C@@H]1O. The quantitative estimate of drug-likeness (QED) is 0.677. The third-order valence-corrected chi connectivity index (χ3v) is 5.82. The first-order chi connectivity index (χ1) is 13.3. The number of aromatic nitrogens is 2. The van der Waals surface area contributed by atoms with Gasteiger partial charge in [-0.15, -0.1) is 10.2 Å². The van der Waals surface area contributed by atoms with Crippen LogP contribution in [0.25, 0.3) is 0 Å². The Balaban J connectivity index is 1.67. The van der Waals surface area contributed by atoms with Crippen LogP contribution in [-0.4, -0.2) is 69.2 Å². The zero-order valence-corrected chi connectivity index (χ0v) is 16.3. The molecule has 3 heterocycles. The number of nitrogens with one attached hydrogen (secondary N) is 1. The molecule has 0 aliphatic carbocycles. The number of anilines is 1. The molecule has 154 valence electrons. The number of ether oxygens (including phenoxy) is 1. The van der Waals surface area contributed by atoms with Crippen LogP contribution in [0.5, 0.6) is 0 Å². The van der Waals surface area contributed by atoms with Crippen LogP contribution < -0.4 is 10.2 Å². The number of hydrogen-bond donors (Lipinski definition) is 3. The zero-order chi connectivity index (χ0) is 20.4. The summed E-state index contributed by atoms with van der Waals surface area (Å²) in [5, 5.41) is 30.8. The number of carboxylic acid groups (broad SMARTS) is 1. The predicted molar refractivity (Wildman–Crippen MR) is 101 cm³/mol. The first-order valence-corrected chi connectivity index (χ1v) is 9.75. The summed E-state index contributed by atoms with van der Waals surface area (Å²) in [6.07, 6.45) is 2.12. The highest BCUT2D eigenvalue weighted by Gasteiger charge is 2.53. The van der Waals surface area contributed by atoms with Gasteiger partial charge in [0, 0.05) is 26.1 Å².